The van der Waals surface area contributed by atoms with E-state index in [1.165, 1.54) is 12.1 Å². The summed E-state index contributed by atoms with van der Waals surface area (Å²) in [6.45, 7) is 8.05. The number of rotatable bonds is 2. The van der Waals surface area contributed by atoms with Crippen molar-refractivity contribution in [3.8, 4) is 0 Å². The van der Waals surface area contributed by atoms with E-state index in [2.05, 4.69) is 0 Å². The van der Waals surface area contributed by atoms with Crippen molar-refractivity contribution in [1.82, 2.24) is 0 Å². The first-order valence-corrected chi connectivity index (χ1v) is 6.10. The first-order chi connectivity index (χ1) is 8.30. The minimum absolute atomic E-state index is 0.234. The smallest absolute Gasteiger partial charge is 0.400 e. The lowest BCUT2D eigenvalue weighted by atomic mass is 9.89. The molecule has 0 N–H and O–H groups in total. The third-order valence-electron chi connectivity index (χ3n) is 3.59. The number of benzene rings is 1. The summed E-state index contributed by atoms with van der Waals surface area (Å²) in [5.74, 6) is 1.62. The molecule has 0 amide bonds. The van der Waals surface area contributed by atoms with Crippen LogP contribution in [0.1, 0.15) is 33.3 Å². The molecule has 2 rings (SSSR count). The van der Waals surface area contributed by atoms with E-state index in [0.717, 1.165) is 5.56 Å². The third kappa shape index (κ3) is 2.65. The summed E-state index contributed by atoms with van der Waals surface area (Å²) < 4.78 is 24.4. The molecule has 18 heavy (non-hydrogen) atoms. The van der Waals surface area contributed by atoms with Gasteiger partial charge in [-0.3, -0.25) is 0 Å². The molecule has 1 saturated heterocycles. The SMILES string of the molecule is CC1(C)OB(/C=C/c2ccc(F)cc2)OC1(C)C. The van der Waals surface area contributed by atoms with Crippen LogP contribution >= 0.6 is 0 Å². The van der Waals surface area contributed by atoms with Crippen LogP contribution in [0, 0.1) is 5.82 Å². The summed E-state index contributed by atoms with van der Waals surface area (Å²) in [5.41, 5.74) is 0.265. The highest BCUT2D eigenvalue weighted by atomic mass is 19.1. The van der Waals surface area contributed by atoms with Gasteiger partial charge in [0.1, 0.15) is 5.82 Å². The highest BCUT2D eigenvalue weighted by molar-refractivity contribution is 6.52. The van der Waals surface area contributed by atoms with E-state index >= 15 is 0 Å². The van der Waals surface area contributed by atoms with E-state index in [1.54, 1.807) is 12.1 Å². The summed E-state index contributed by atoms with van der Waals surface area (Å²) in [6, 6.07) is 6.31. The van der Waals surface area contributed by atoms with Crippen LogP contribution in [0.2, 0.25) is 0 Å². The first kappa shape index (κ1) is 13.3. The molecule has 1 aromatic carbocycles. The zero-order valence-electron chi connectivity index (χ0n) is 11.2. The van der Waals surface area contributed by atoms with Gasteiger partial charge in [0.05, 0.1) is 11.2 Å². The van der Waals surface area contributed by atoms with Gasteiger partial charge in [-0.15, -0.1) is 0 Å². The molecule has 0 spiro atoms. The van der Waals surface area contributed by atoms with Crippen molar-refractivity contribution in [1.29, 1.82) is 0 Å². The topological polar surface area (TPSA) is 18.5 Å². The monoisotopic (exact) mass is 248 g/mol. The van der Waals surface area contributed by atoms with Crippen LogP contribution < -0.4 is 0 Å². The average Bonchev–Trinajstić information content (AvgIpc) is 2.47. The largest absolute Gasteiger partial charge is 0.487 e. The van der Waals surface area contributed by atoms with E-state index < -0.39 is 0 Å². The molecule has 2 nitrogen and oxygen atoms in total. The highest BCUT2D eigenvalue weighted by Gasteiger charge is 2.49. The van der Waals surface area contributed by atoms with Crippen LogP contribution in [0.15, 0.2) is 30.2 Å². The molecule has 0 bridgehead atoms. The van der Waals surface area contributed by atoms with E-state index in [9.17, 15) is 4.39 Å². The lowest BCUT2D eigenvalue weighted by Crippen LogP contribution is -2.41. The summed E-state index contributed by atoms with van der Waals surface area (Å²) in [7, 11) is -0.361. The molecule has 0 radical (unpaired) electrons. The molecule has 1 fully saturated rings. The minimum atomic E-state index is -0.361. The Morgan fingerprint density at radius 3 is 2.00 bits per heavy atom. The van der Waals surface area contributed by atoms with Gasteiger partial charge in [-0.2, -0.15) is 0 Å². The van der Waals surface area contributed by atoms with Crippen LogP contribution in [0.5, 0.6) is 0 Å². The molecule has 0 saturated carbocycles. The number of halogens is 1. The lowest BCUT2D eigenvalue weighted by Gasteiger charge is -2.32. The molecule has 0 atom stereocenters. The van der Waals surface area contributed by atoms with Gasteiger partial charge in [0.25, 0.3) is 0 Å². The van der Waals surface area contributed by atoms with Gasteiger partial charge in [-0.25, -0.2) is 4.39 Å². The molecule has 1 heterocycles. The maximum Gasteiger partial charge on any atom is 0.487 e. The quantitative estimate of drug-likeness (QED) is 0.746. The van der Waals surface area contributed by atoms with Gasteiger partial charge in [0.2, 0.25) is 0 Å². The van der Waals surface area contributed by atoms with Crippen LogP contribution in [0.3, 0.4) is 0 Å². The Hall–Kier alpha value is -1.13. The van der Waals surface area contributed by atoms with Crippen LogP contribution in [-0.2, 0) is 9.31 Å². The van der Waals surface area contributed by atoms with Crippen LogP contribution in [0.25, 0.3) is 6.08 Å². The molecular formula is C14H18BFO2. The predicted octanol–water partition coefficient (Wildman–Crippen LogP) is 3.47. The second-order valence-corrected chi connectivity index (χ2v) is 5.54. The molecule has 0 unspecified atom stereocenters. The van der Waals surface area contributed by atoms with Gasteiger partial charge < -0.3 is 9.31 Å². The standard InChI is InChI=1S/C14H18BFO2/c1-13(2)14(3,4)18-15(17-13)10-9-11-5-7-12(16)8-6-11/h5-10H,1-4H3/b10-9+. The van der Waals surface area contributed by atoms with Crippen LogP contribution in [-0.4, -0.2) is 18.3 Å². The van der Waals surface area contributed by atoms with Gasteiger partial charge >= 0.3 is 7.12 Å². The van der Waals surface area contributed by atoms with Gasteiger partial charge in [-0.1, -0.05) is 24.2 Å². The summed E-state index contributed by atoms with van der Waals surface area (Å²) >= 11 is 0. The summed E-state index contributed by atoms with van der Waals surface area (Å²) in [6.07, 6.45) is 1.88. The molecular weight excluding hydrogens is 230 g/mol. The molecule has 1 aliphatic rings. The summed E-state index contributed by atoms with van der Waals surface area (Å²) in [5, 5.41) is 0. The second-order valence-electron chi connectivity index (χ2n) is 5.54. The zero-order valence-corrected chi connectivity index (χ0v) is 11.2. The van der Waals surface area contributed by atoms with Crippen LogP contribution in [0.4, 0.5) is 4.39 Å². The Kier molecular flexibility index (Phi) is 3.34. The Balaban J connectivity index is 2.06. The lowest BCUT2D eigenvalue weighted by molar-refractivity contribution is 0.00578. The maximum absolute atomic E-state index is 12.8. The molecule has 0 aliphatic carbocycles. The number of hydrogen-bond donors (Lipinski definition) is 0. The maximum atomic E-state index is 12.8. The second kappa shape index (κ2) is 4.52. The Morgan fingerprint density at radius 1 is 1.00 bits per heavy atom. The summed E-state index contributed by atoms with van der Waals surface area (Å²) in [4.78, 5) is 0. The minimum Gasteiger partial charge on any atom is -0.400 e. The van der Waals surface area contributed by atoms with Crippen molar-refractivity contribution in [2.24, 2.45) is 0 Å². The fourth-order valence-corrected chi connectivity index (χ4v) is 1.73. The van der Waals surface area contributed by atoms with Crippen molar-refractivity contribution < 1.29 is 13.7 Å². The van der Waals surface area contributed by atoms with Crippen molar-refractivity contribution in [2.75, 3.05) is 0 Å². The highest BCUT2D eigenvalue weighted by Crippen LogP contribution is 2.36. The molecule has 0 aromatic heterocycles. The fraction of sp³-hybridized carbons (Fsp3) is 0.429. The van der Waals surface area contributed by atoms with Gasteiger partial charge in [0, 0.05) is 0 Å². The van der Waals surface area contributed by atoms with Gasteiger partial charge in [0.15, 0.2) is 0 Å². The van der Waals surface area contributed by atoms with Gasteiger partial charge in [-0.05, 0) is 45.4 Å². The van der Waals surface area contributed by atoms with E-state index in [0.29, 0.717) is 0 Å². The zero-order chi connectivity index (χ0) is 13.4. The normalized spacial score (nSPS) is 21.7. The fourth-order valence-electron chi connectivity index (χ4n) is 1.73. The van der Waals surface area contributed by atoms with Crippen molar-refractivity contribution in [3.05, 3.63) is 41.6 Å². The van der Waals surface area contributed by atoms with E-state index in [4.69, 9.17) is 9.31 Å². The first-order valence-electron chi connectivity index (χ1n) is 6.10. The molecule has 4 heteroatoms. The third-order valence-corrected chi connectivity index (χ3v) is 3.59. The van der Waals surface area contributed by atoms with Crippen molar-refractivity contribution in [3.63, 3.8) is 0 Å². The molecule has 1 aliphatic heterocycles. The predicted molar refractivity (Wildman–Crippen MR) is 71.5 cm³/mol. The van der Waals surface area contributed by atoms with Crippen molar-refractivity contribution in [2.45, 2.75) is 38.9 Å². The Labute approximate surface area is 108 Å². The Morgan fingerprint density at radius 2 is 1.50 bits per heavy atom. The Bertz CT molecular complexity index is 435. The van der Waals surface area contributed by atoms with E-state index in [1.807, 2.05) is 39.7 Å². The van der Waals surface area contributed by atoms with E-state index in [-0.39, 0.29) is 24.1 Å². The average molecular weight is 248 g/mol. The van der Waals surface area contributed by atoms with Crippen molar-refractivity contribution >= 4 is 13.2 Å². The number of hydrogen-bond acceptors (Lipinski definition) is 2. The molecule has 96 valence electrons. The molecule has 1 aromatic rings.